The fraction of sp³-hybridized carbons (Fsp3) is 0.0870. The van der Waals surface area contributed by atoms with Gasteiger partial charge in [-0.05, 0) is 48.9 Å². The van der Waals surface area contributed by atoms with Crippen LogP contribution in [0.3, 0.4) is 0 Å². The summed E-state index contributed by atoms with van der Waals surface area (Å²) in [6.07, 6.45) is 4.91. The van der Waals surface area contributed by atoms with Crippen LogP contribution in [0.15, 0.2) is 77.2 Å². The lowest BCUT2D eigenvalue weighted by molar-refractivity contribution is -0.118. The maximum Gasteiger partial charge on any atom is 0.250 e. The first kappa shape index (κ1) is 23.0. The number of halogens is 2. The summed E-state index contributed by atoms with van der Waals surface area (Å²) in [6, 6.07) is 16.9. The molecule has 166 valence electrons. The highest BCUT2D eigenvalue weighted by molar-refractivity contribution is 7.99. The van der Waals surface area contributed by atoms with Crippen molar-refractivity contribution in [2.75, 3.05) is 5.75 Å². The summed E-state index contributed by atoms with van der Waals surface area (Å²) in [5.74, 6) is 0.501. The molecule has 0 fully saturated rings. The number of aromatic nitrogens is 4. The van der Waals surface area contributed by atoms with Gasteiger partial charge in [0.2, 0.25) is 0 Å². The number of rotatable bonds is 7. The van der Waals surface area contributed by atoms with Crippen molar-refractivity contribution in [2.45, 2.75) is 12.1 Å². The number of carbonyl (C=O) groups is 1. The Hall–Kier alpha value is -3.20. The number of pyridine rings is 1. The van der Waals surface area contributed by atoms with E-state index in [1.54, 1.807) is 30.6 Å². The number of carbonyl (C=O) groups excluding carboxylic acids is 1. The Morgan fingerprint density at radius 3 is 2.55 bits per heavy atom. The largest absolute Gasteiger partial charge is 0.272 e. The van der Waals surface area contributed by atoms with Crippen LogP contribution in [-0.2, 0) is 4.79 Å². The second kappa shape index (κ2) is 10.6. The maximum absolute atomic E-state index is 12.3. The molecule has 4 rings (SSSR count). The number of hydrazone groups is 1. The molecule has 33 heavy (non-hydrogen) atoms. The van der Waals surface area contributed by atoms with Crippen LogP contribution in [0.25, 0.3) is 17.1 Å². The van der Waals surface area contributed by atoms with Gasteiger partial charge in [0, 0.05) is 23.6 Å². The number of nitrogens with one attached hydrogen (secondary N) is 1. The molecule has 1 amide bonds. The molecule has 0 spiro atoms. The lowest BCUT2D eigenvalue weighted by atomic mass is 10.2. The predicted octanol–water partition coefficient (Wildman–Crippen LogP) is 5.19. The molecule has 1 N–H and O–H groups in total. The van der Waals surface area contributed by atoms with Crippen molar-refractivity contribution in [3.63, 3.8) is 0 Å². The van der Waals surface area contributed by atoms with E-state index in [1.807, 2.05) is 47.9 Å². The van der Waals surface area contributed by atoms with Crippen molar-refractivity contribution >= 4 is 47.1 Å². The lowest BCUT2D eigenvalue weighted by Crippen LogP contribution is -2.20. The molecule has 0 bridgehead atoms. The van der Waals surface area contributed by atoms with Gasteiger partial charge in [-0.15, -0.1) is 10.2 Å². The topological polar surface area (TPSA) is 85.1 Å². The number of nitrogens with zero attached hydrogens (tertiary/aromatic N) is 5. The first-order valence-electron chi connectivity index (χ1n) is 9.84. The highest BCUT2D eigenvalue weighted by Gasteiger charge is 2.17. The average molecular weight is 497 g/mol. The number of thioether (sulfide) groups is 1. The number of aryl methyl sites for hydroxylation is 1. The second-order valence-corrected chi connectivity index (χ2v) is 8.73. The summed E-state index contributed by atoms with van der Waals surface area (Å²) in [5.41, 5.74) is 6.15. The van der Waals surface area contributed by atoms with Gasteiger partial charge >= 0.3 is 0 Å². The van der Waals surface area contributed by atoms with Crippen LogP contribution in [0.4, 0.5) is 0 Å². The van der Waals surface area contributed by atoms with Crippen LogP contribution in [0.5, 0.6) is 0 Å². The van der Waals surface area contributed by atoms with Crippen molar-refractivity contribution in [2.24, 2.45) is 5.10 Å². The van der Waals surface area contributed by atoms with Gasteiger partial charge in [0.1, 0.15) is 0 Å². The van der Waals surface area contributed by atoms with Gasteiger partial charge in [-0.2, -0.15) is 5.10 Å². The molecule has 7 nitrogen and oxygen atoms in total. The minimum absolute atomic E-state index is 0.110. The van der Waals surface area contributed by atoms with Gasteiger partial charge in [0.25, 0.3) is 5.91 Å². The van der Waals surface area contributed by atoms with E-state index in [2.05, 4.69) is 25.7 Å². The molecule has 0 aliphatic carbocycles. The van der Waals surface area contributed by atoms with Crippen LogP contribution in [-0.4, -0.2) is 37.6 Å². The SMILES string of the molecule is Cc1ccc(-n2c(SCC(=O)N/N=C/c3ccc(Cl)c(Cl)c3)nnc2-c2ccncc2)cc1. The maximum atomic E-state index is 12.3. The third-order valence-corrected chi connectivity index (χ3v) is 6.21. The molecule has 2 aromatic heterocycles. The van der Waals surface area contributed by atoms with Crippen LogP contribution in [0.1, 0.15) is 11.1 Å². The quantitative estimate of drug-likeness (QED) is 0.216. The van der Waals surface area contributed by atoms with Gasteiger partial charge in [-0.25, -0.2) is 5.43 Å². The van der Waals surface area contributed by atoms with E-state index in [-0.39, 0.29) is 11.7 Å². The number of benzene rings is 2. The molecular formula is C23H18Cl2N6OS. The Morgan fingerprint density at radius 2 is 1.82 bits per heavy atom. The van der Waals surface area contributed by atoms with E-state index >= 15 is 0 Å². The van der Waals surface area contributed by atoms with Crippen molar-refractivity contribution in [1.82, 2.24) is 25.2 Å². The van der Waals surface area contributed by atoms with Gasteiger partial charge < -0.3 is 0 Å². The molecule has 0 aliphatic heterocycles. The van der Waals surface area contributed by atoms with E-state index in [0.29, 0.717) is 21.0 Å². The number of hydrogen-bond donors (Lipinski definition) is 1. The van der Waals surface area contributed by atoms with E-state index in [1.165, 1.54) is 18.0 Å². The third kappa shape index (κ3) is 5.78. The van der Waals surface area contributed by atoms with Gasteiger partial charge in [-0.1, -0.05) is 58.7 Å². The van der Waals surface area contributed by atoms with Crippen LogP contribution in [0.2, 0.25) is 10.0 Å². The van der Waals surface area contributed by atoms with Crippen molar-refractivity contribution in [3.05, 3.63) is 88.2 Å². The molecule has 2 aromatic carbocycles. The molecule has 0 unspecified atom stereocenters. The zero-order chi connectivity index (χ0) is 23.2. The summed E-state index contributed by atoms with van der Waals surface area (Å²) in [5, 5.41) is 14.1. The van der Waals surface area contributed by atoms with E-state index < -0.39 is 0 Å². The summed E-state index contributed by atoms with van der Waals surface area (Å²) < 4.78 is 1.92. The molecular weight excluding hydrogens is 479 g/mol. The average Bonchev–Trinajstić information content (AvgIpc) is 3.25. The number of hydrogen-bond acceptors (Lipinski definition) is 6. The zero-order valence-corrected chi connectivity index (χ0v) is 19.8. The first-order chi connectivity index (χ1) is 16.0. The van der Waals surface area contributed by atoms with Crippen molar-refractivity contribution in [3.8, 4) is 17.1 Å². The molecule has 0 saturated carbocycles. The van der Waals surface area contributed by atoms with E-state index in [4.69, 9.17) is 23.2 Å². The molecule has 10 heteroatoms. The van der Waals surface area contributed by atoms with Gasteiger partial charge in [0.05, 0.1) is 22.0 Å². The first-order valence-corrected chi connectivity index (χ1v) is 11.6. The molecule has 4 aromatic rings. The minimum Gasteiger partial charge on any atom is -0.272 e. The molecule has 2 heterocycles. The highest BCUT2D eigenvalue weighted by Crippen LogP contribution is 2.28. The van der Waals surface area contributed by atoms with Crippen LogP contribution >= 0.6 is 35.0 Å². The van der Waals surface area contributed by atoms with Crippen molar-refractivity contribution in [1.29, 1.82) is 0 Å². The number of amides is 1. The van der Waals surface area contributed by atoms with Gasteiger partial charge in [0.15, 0.2) is 11.0 Å². The zero-order valence-electron chi connectivity index (χ0n) is 17.4. The monoisotopic (exact) mass is 496 g/mol. The summed E-state index contributed by atoms with van der Waals surface area (Å²) >= 11 is 13.2. The van der Waals surface area contributed by atoms with Crippen LogP contribution in [0, 0.1) is 6.92 Å². The Labute approximate surface area is 204 Å². The fourth-order valence-electron chi connectivity index (χ4n) is 2.91. The Morgan fingerprint density at radius 1 is 1.06 bits per heavy atom. The summed E-state index contributed by atoms with van der Waals surface area (Å²) in [4.78, 5) is 16.4. The third-order valence-electron chi connectivity index (χ3n) is 4.54. The fourth-order valence-corrected chi connectivity index (χ4v) is 3.96. The Balaban J connectivity index is 1.49. The molecule has 0 radical (unpaired) electrons. The lowest BCUT2D eigenvalue weighted by Gasteiger charge is -2.10. The Kier molecular flexibility index (Phi) is 7.39. The van der Waals surface area contributed by atoms with E-state index in [0.717, 1.165) is 22.4 Å². The van der Waals surface area contributed by atoms with Crippen molar-refractivity contribution < 1.29 is 4.79 Å². The Bertz CT molecular complexity index is 1290. The minimum atomic E-state index is -0.278. The van der Waals surface area contributed by atoms with Gasteiger partial charge in [-0.3, -0.25) is 14.3 Å². The smallest absolute Gasteiger partial charge is 0.250 e. The predicted molar refractivity (Wildman–Crippen MR) is 132 cm³/mol. The highest BCUT2D eigenvalue weighted by atomic mass is 35.5. The normalized spacial score (nSPS) is 11.1. The van der Waals surface area contributed by atoms with Crippen LogP contribution < -0.4 is 5.43 Å². The second-order valence-electron chi connectivity index (χ2n) is 6.97. The molecule has 0 atom stereocenters. The standard InChI is InChI=1S/C23H18Cl2N6OS/c1-15-2-5-18(6-3-15)31-22(17-8-10-26-11-9-17)29-30-23(31)33-14-21(32)28-27-13-16-4-7-19(24)20(25)12-16/h2-13H,14H2,1H3,(H,28,32)/b27-13+. The molecule has 0 aliphatic rings. The van der Waals surface area contributed by atoms with E-state index in [9.17, 15) is 4.79 Å². The summed E-state index contributed by atoms with van der Waals surface area (Å²) in [7, 11) is 0. The summed E-state index contributed by atoms with van der Waals surface area (Å²) in [6.45, 7) is 2.03. The molecule has 0 saturated heterocycles.